The van der Waals surface area contributed by atoms with Crippen LogP contribution in [0.5, 0.6) is 5.75 Å². The van der Waals surface area contributed by atoms with Crippen molar-refractivity contribution in [1.82, 2.24) is 30.0 Å². The van der Waals surface area contributed by atoms with E-state index in [0.717, 1.165) is 31.2 Å². The molecule has 3 aromatic heterocycles. The van der Waals surface area contributed by atoms with Crippen LogP contribution >= 0.6 is 22.7 Å². The topological polar surface area (TPSA) is 195 Å². The molecule has 2 aliphatic carbocycles. The summed E-state index contributed by atoms with van der Waals surface area (Å²) in [5.74, 6) is -2.97. The van der Waals surface area contributed by atoms with Gasteiger partial charge in [0, 0.05) is 24.4 Å². The van der Waals surface area contributed by atoms with Crippen molar-refractivity contribution in [2.75, 3.05) is 13.7 Å². The number of carbonyl (C=O) groups is 4. The Balaban J connectivity index is 1.20. The molecule has 312 valence electrons. The number of nitrogens with one attached hydrogen (secondary N) is 3. The summed E-state index contributed by atoms with van der Waals surface area (Å²) in [5.41, 5.74) is 0.458. The quantitative estimate of drug-likeness (QED) is 0.144. The van der Waals surface area contributed by atoms with E-state index in [-0.39, 0.29) is 30.4 Å². The number of aromatic nitrogens is 2. The Morgan fingerprint density at radius 3 is 2.29 bits per heavy atom. The fourth-order valence-corrected chi connectivity index (χ4v) is 10.2. The number of rotatable bonds is 14. The monoisotopic (exact) mass is 862 g/mol. The molecule has 0 unspecified atom stereocenters. The second-order valence-corrected chi connectivity index (χ2v) is 18.6. The van der Waals surface area contributed by atoms with Crippen molar-refractivity contribution in [2.24, 2.45) is 11.8 Å². The van der Waals surface area contributed by atoms with Crippen LogP contribution in [-0.2, 0) is 29.1 Å². The van der Waals surface area contributed by atoms with Crippen molar-refractivity contribution < 1.29 is 37.1 Å². The van der Waals surface area contributed by atoms with Gasteiger partial charge in [-0.25, -0.2) is 22.6 Å². The van der Waals surface area contributed by atoms with E-state index >= 15 is 0 Å². The molecule has 1 saturated heterocycles. The minimum Gasteiger partial charge on any atom is -0.497 e. The summed E-state index contributed by atoms with van der Waals surface area (Å²) in [6.07, 6.45) is 5.36. The molecule has 1 aromatic carbocycles. The first-order valence-electron chi connectivity index (χ1n) is 19.4. The summed E-state index contributed by atoms with van der Waals surface area (Å²) in [4.78, 5) is 71.7. The summed E-state index contributed by atoms with van der Waals surface area (Å²) in [6.45, 7) is 7.16. The number of sulfonamides is 1. The first-order valence-corrected chi connectivity index (χ1v) is 22.7. The van der Waals surface area contributed by atoms with Crippen LogP contribution in [0.25, 0.3) is 22.3 Å². The third-order valence-corrected chi connectivity index (χ3v) is 14.0. The van der Waals surface area contributed by atoms with E-state index in [2.05, 4.69) is 27.0 Å². The molecule has 1 aliphatic heterocycles. The number of amides is 4. The number of ether oxygens (including phenoxy) is 2. The highest BCUT2D eigenvalue weighted by Gasteiger charge is 2.61. The average molecular weight is 863 g/mol. The fraction of sp³-hybridized carbons (Fsp3) is 0.415. The molecular weight excluding hydrogens is 817 g/mol. The van der Waals surface area contributed by atoms with Crippen LogP contribution in [0.1, 0.15) is 58.4 Å². The van der Waals surface area contributed by atoms with Crippen LogP contribution in [0.15, 0.2) is 86.5 Å². The highest BCUT2D eigenvalue weighted by Crippen LogP contribution is 2.45. The lowest BCUT2D eigenvalue weighted by molar-refractivity contribution is -0.141. The number of methoxy groups -OCH3 is 1. The van der Waals surface area contributed by atoms with Crippen molar-refractivity contribution in [3.05, 3.63) is 87.1 Å². The van der Waals surface area contributed by atoms with Gasteiger partial charge in [-0.3, -0.25) is 19.2 Å². The molecule has 4 amide bonds. The van der Waals surface area contributed by atoms with Gasteiger partial charge in [0.2, 0.25) is 11.8 Å². The molecule has 3 aliphatic rings. The molecule has 4 heterocycles. The van der Waals surface area contributed by atoms with Gasteiger partial charge in [-0.2, -0.15) is 27.8 Å². The van der Waals surface area contributed by atoms with E-state index in [1.54, 1.807) is 20.0 Å². The van der Waals surface area contributed by atoms with Crippen molar-refractivity contribution in [3.8, 4) is 28.0 Å². The number of alkyl carbamates (subject to hydrolysis) is 1. The molecule has 0 spiro atoms. The van der Waals surface area contributed by atoms with E-state index in [1.807, 2.05) is 33.7 Å². The zero-order valence-corrected chi connectivity index (χ0v) is 35.2. The molecule has 5 atom stereocenters. The van der Waals surface area contributed by atoms with Crippen molar-refractivity contribution in [1.29, 1.82) is 0 Å². The Hall–Kier alpha value is -5.33. The van der Waals surface area contributed by atoms with E-state index in [9.17, 15) is 32.4 Å². The number of nitrogens with zero attached hydrogens (tertiary/aromatic N) is 3. The normalized spacial score (nSPS) is 22.1. The molecule has 3 fully saturated rings. The molecule has 0 bridgehead atoms. The molecule has 7 rings (SSSR count). The third kappa shape index (κ3) is 8.56. The smallest absolute Gasteiger partial charge is 0.408 e. The molecule has 59 heavy (non-hydrogen) atoms. The highest BCUT2D eigenvalue weighted by molar-refractivity contribution is 7.90. The summed E-state index contributed by atoms with van der Waals surface area (Å²) in [5, 5.41) is 17.6. The molecule has 18 heteroatoms. The van der Waals surface area contributed by atoms with Gasteiger partial charge in [0.1, 0.15) is 29.5 Å². The fourth-order valence-electron chi connectivity index (χ4n) is 7.91. The summed E-state index contributed by atoms with van der Waals surface area (Å²) in [6, 6.07) is 6.02. The van der Waals surface area contributed by atoms with Crippen LogP contribution in [0.4, 0.5) is 4.79 Å². The number of likely N-dealkylation sites (tertiary alicyclic amines) is 1. The second kappa shape index (κ2) is 17.1. The number of thiophene rings is 2. The van der Waals surface area contributed by atoms with Gasteiger partial charge in [0.25, 0.3) is 21.5 Å². The van der Waals surface area contributed by atoms with Crippen molar-refractivity contribution in [2.45, 2.75) is 87.0 Å². The number of hydrogen-bond donors (Lipinski definition) is 3. The largest absolute Gasteiger partial charge is 0.497 e. The Morgan fingerprint density at radius 1 is 1.02 bits per heavy atom. The van der Waals surface area contributed by atoms with Gasteiger partial charge >= 0.3 is 6.09 Å². The predicted molar refractivity (Wildman–Crippen MR) is 222 cm³/mol. The molecule has 15 nitrogen and oxygen atoms in total. The van der Waals surface area contributed by atoms with Gasteiger partial charge in [-0.15, -0.1) is 6.58 Å². The maximum Gasteiger partial charge on any atom is 0.408 e. The number of hydrogen-bond acceptors (Lipinski definition) is 12. The Kier molecular flexibility index (Phi) is 12.1. The lowest BCUT2D eigenvalue weighted by atomic mass is 10.0. The van der Waals surface area contributed by atoms with Crippen LogP contribution in [-0.4, -0.2) is 84.3 Å². The zero-order valence-electron chi connectivity index (χ0n) is 32.8. The number of benzene rings is 1. The lowest BCUT2D eigenvalue weighted by Gasteiger charge is -2.31. The summed E-state index contributed by atoms with van der Waals surface area (Å²) in [7, 11) is -2.94. The zero-order chi connectivity index (χ0) is 42.1. The maximum atomic E-state index is 14.6. The lowest BCUT2D eigenvalue weighted by Crippen LogP contribution is -2.59. The molecule has 4 aromatic rings. The van der Waals surface area contributed by atoms with E-state index in [0.29, 0.717) is 22.4 Å². The first-order chi connectivity index (χ1) is 28.3. The Morgan fingerprint density at radius 2 is 1.69 bits per heavy atom. The van der Waals surface area contributed by atoms with Gasteiger partial charge in [-0.05, 0) is 107 Å². The van der Waals surface area contributed by atoms with Gasteiger partial charge in [0.05, 0.1) is 29.8 Å². The molecular formula is C41H46N6O9S3. The van der Waals surface area contributed by atoms with Crippen LogP contribution in [0.3, 0.4) is 0 Å². The first kappa shape index (κ1) is 41.8. The summed E-state index contributed by atoms with van der Waals surface area (Å²) < 4.78 is 40.8. The van der Waals surface area contributed by atoms with E-state index in [1.165, 1.54) is 69.7 Å². The van der Waals surface area contributed by atoms with Crippen molar-refractivity contribution >= 4 is 56.5 Å². The molecule has 0 radical (unpaired) electrons. The maximum absolute atomic E-state index is 14.6. The van der Waals surface area contributed by atoms with Crippen LogP contribution < -0.4 is 25.7 Å². The Bertz CT molecular complexity index is 2380. The van der Waals surface area contributed by atoms with Crippen molar-refractivity contribution in [3.63, 3.8) is 0 Å². The van der Waals surface area contributed by atoms with Crippen LogP contribution in [0.2, 0.25) is 0 Å². The van der Waals surface area contributed by atoms with E-state index in [4.69, 9.17) is 9.47 Å². The second-order valence-electron chi connectivity index (χ2n) is 15.4. The molecule has 2 saturated carbocycles. The molecule has 3 N–H and O–H groups in total. The minimum absolute atomic E-state index is 0.0501. The average Bonchev–Trinajstić information content (AvgIpc) is 3.90. The Labute approximate surface area is 349 Å². The SMILES string of the molecule is C=C[C@@H]1C[C@]1(NC(=O)[C@@H]1C[C@@H](n2ncc(-c3ccsc3)c(-c3ccsc3)c2=O)CN1C(=O)[C@@H](NC(=O)OC1CCCC1)C(C)C)C(=O)NS(=O)(=O)c1ccc(OC)cc1. The minimum atomic E-state index is -4.37. The van der Waals surface area contributed by atoms with Gasteiger partial charge < -0.3 is 25.0 Å². The third-order valence-electron chi connectivity index (χ3n) is 11.3. The van der Waals surface area contributed by atoms with Gasteiger partial charge in [-0.1, -0.05) is 19.9 Å². The number of carbonyl (C=O) groups excluding carboxylic acids is 4. The standard InChI is InChI=1S/C41H46N6O9S3/c1-5-27-19-41(27,39(51)45-59(53,54)31-12-10-29(55-4)11-13-31)44-36(48)33-18-28(21-46(33)38(50)35(24(2)3)43-40(52)56-30-8-6-7-9-30)47-37(49)34(26-15-17-58-23-26)32(20-42-47)25-14-16-57-22-25/h5,10-17,20,22-24,27-28,30,33,35H,1,6-9,18-19,21H2,2-4H3,(H,43,52)(H,44,48)(H,45,51)/t27-,28-,33+,35+,41-/m1/s1. The summed E-state index contributed by atoms with van der Waals surface area (Å²) >= 11 is 2.92. The highest BCUT2D eigenvalue weighted by atomic mass is 32.2. The van der Waals surface area contributed by atoms with Gasteiger partial charge in [0.15, 0.2) is 0 Å². The van der Waals surface area contributed by atoms with E-state index < -0.39 is 74.9 Å². The van der Waals surface area contributed by atoms with Crippen LogP contribution in [0, 0.1) is 11.8 Å². The predicted octanol–water partition coefficient (Wildman–Crippen LogP) is 5.11.